The monoisotopic (exact) mass is 385 g/mol. The van der Waals surface area contributed by atoms with E-state index in [1.807, 2.05) is 50.2 Å². The minimum atomic E-state index is -0.596. The number of para-hydroxylation sites is 2. The van der Waals surface area contributed by atoms with Gasteiger partial charge < -0.3 is 9.15 Å². The molecule has 0 N–H and O–H groups in total. The number of aryl methyl sites for hydroxylation is 2. The van der Waals surface area contributed by atoms with Gasteiger partial charge in [0, 0.05) is 11.1 Å². The molecule has 0 spiro atoms. The van der Waals surface area contributed by atoms with Crippen LogP contribution in [0.1, 0.15) is 43.3 Å². The number of carbonyl (C=O) groups is 2. The number of nitrogens with zero attached hydrogens (tertiary/aromatic N) is 1. The molecule has 0 saturated carbocycles. The number of ketones is 1. The van der Waals surface area contributed by atoms with Gasteiger partial charge in [-0.15, -0.1) is 0 Å². The van der Waals surface area contributed by atoms with Crippen LogP contribution in [0.15, 0.2) is 71.1 Å². The summed E-state index contributed by atoms with van der Waals surface area (Å²) in [5, 5.41) is 0. The van der Waals surface area contributed by atoms with E-state index in [9.17, 15) is 9.59 Å². The summed E-state index contributed by atoms with van der Waals surface area (Å²) in [6.45, 7) is 3.69. The second-order valence-corrected chi connectivity index (χ2v) is 6.84. The van der Waals surface area contributed by atoms with Crippen LogP contribution >= 0.6 is 0 Å². The van der Waals surface area contributed by atoms with Gasteiger partial charge in [-0.3, -0.25) is 4.79 Å². The van der Waals surface area contributed by atoms with Crippen LogP contribution in [-0.2, 0) is 11.3 Å². The molecule has 1 aromatic heterocycles. The average molecular weight is 385 g/mol. The van der Waals surface area contributed by atoms with Gasteiger partial charge in [0.25, 0.3) is 0 Å². The molecule has 5 nitrogen and oxygen atoms in total. The lowest BCUT2D eigenvalue weighted by atomic mass is 9.94. The highest BCUT2D eigenvalue weighted by Crippen LogP contribution is 2.21. The zero-order chi connectivity index (χ0) is 20.4. The summed E-state index contributed by atoms with van der Waals surface area (Å²) >= 11 is 0. The Balaban J connectivity index is 1.58. The van der Waals surface area contributed by atoms with Crippen molar-refractivity contribution in [3.05, 3.63) is 100 Å². The maximum Gasteiger partial charge on any atom is 0.339 e. The van der Waals surface area contributed by atoms with Gasteiger partial charge in [-0.05, 0) is 43.7 Å². The van der Waals surface area contributed by atoms with E-state index in [0.717, 1.165) is 11.1 Å². The molecule has 0 aliphatic carbocycles. The fraction of sp³-hybridized carbons (Fsp3) is 0.125. The minimum absolute atomic E-state index is 0.112. The van der Waals surface area contributed by atoms with E-state index in [-0.39, 0.29) is 18.0 Å². The molecule has 1 heterocycles. The quantitative estimate of drug-likeness (QED) is 0.356. The van der Waals surface area contributed by atoms with E-state index in [2.05, 4.69) is 4.98 Å². The molecule has 0 aliphatic heterocycles. The van der Waals surface area contributed by atoms with Crippen molar-refractivity contribution in [2.45, 2.75) is 20.5 Å². The van der Waals surface area contributed by atoms with Crippen molar-refractivity contribution in [2.24, 2.45) is 0 Å². The Kier molecular flexibility index (Phi) is 4.96. The van der Waals surface area contributed by atoms with Crippen LogP contribution < -0.4 is 0 Å². The van der Waals surface area contributed by atoms with Crippen LogP contribution in [0.5, 0.6) is 0 Å². The Morgan fingerprint density at radius 1 is 0.897 bits per heavy atom. The van der Waals surface area contributed by atoms with E-state index >= 15 is 0 Å². The maximum atomic E-state index is 13.1. The molecule has 0 fully saturated rings. The first-order valence-corrected chi connectivity index (χ1v) is 9.25. The smallest absolute Gasteiger partial charge is 0.339 e. The lowest BCUT2D eigenvalue weighted by Crippen LogP contribution is -2.13. The fourth-order valence-electron chi connectivity index (χ4n) is 3.17. The maximum absolute atomic E-state index is 13.1. The molecule has 0 saturated heterocycles. The third-order valence-corrected chi connectivity index (χ3v) is 4.69. The number of ether oxygens (including phenoxy) is 1. The van der Waals surface area contributed by atoms with Crippen molar-refractivity contribution in [2.75, 3.05) is 0 Å². The number of benzene rings is 3. The van der Waals surface area contributed by atoms with Gasteiger partial charge in [0.1, 0.15) is 5.52 Å². The summed E-state index contributed by atoms with van der Waals surface area (Å²) in [6, 6.07) is 19.7. The number of hydrogen-bond donors (Lipinski definition) is 0. The predicted octanol–water partition coefficient (Wildman–Crippen LogP) is 5.03. The zero-order valence-corrected chi connectivity index (χ0v) is 16.1. The van der Waals surface area contributed by atoms with Crippen LogP contribution in [0, 0.1) is 13.8 Å². The molecule has 29 heavy (non-hydrogen) atoms. The summed E-state index contributed by atoms with van der Waals surface area (Å²) in [7, 11) is 0. The molecular formula is C24H19NO4. The topological polar surface area (TPSA) is 69.4 Å². The number of rotatable bonds is 5. The van der Waals surface area contributed by atoms with E-state index in [0.29, 0.717) is 28.1 Å². The highest BCUT2D eigenvalue weighted by atomic mass is 16.5. The summed E-state index contributed by atoms with van der Waals surface area (Å²) in [5.74, 6) is -0.500. The first-order chi connectivity index (χ1) is 14.0. The van der Waals surface area contributed by atoms with Crippen molar-refractivity contribution >= 4 is 22.9 Å². The third-order valence-electron chi connectivity index (χ3n) is 4.69. The number of aromatic nitrogens is 1. The van der Waals surface area contributed by atoms with Gasteiger partial charge in [0.15, 0.2) is 18.0 Å². The van der Waals surface area contributed by atoms with Gasteiger partial charge in [0.2, 0.25) is 5.89 Å². The SMILES string of the molecule is Cc1ccc(C)c(C(=O)c2ccccc2C(=O)OCc2nc3ccccc3o2)c1. The summed E-state index contributed by atoms with van der Waals surface area (Å²) in [5.41, 5.74) is 4.26. The van der Waals surface area contributed by atoms with Crippen LogP contribution in [0.2, 0.25) is 0 Å². The Morgan fingerprint density at radius 2 is 1.62 bits per heavy atom. The van der Waals surface area contributed by atoms with Crippen molar-refractivity contribution in [1.82, 2.24) is 4.98 Å². The van der Waals surface area contributed by atoms with Crippen molar-refractivity contribution in [3.63, 3.8) is 0 Å². The van der Waals surface area contributed by atoms with Crippen LogP contribution in [0.25, 0.3) is 11.1 Å². The second kappa shape index (κ2) is 7.72. The lowest BCUT2D eigenvalue weighted by molar-refractivity contribution is 0.0438. The van der Waals surface area contributed by atoms with Crippen molar-refractivity contribution in [1.29, 1.82) is 0 Å². The molecule has 0 amide bonds. The van der Waals surface area contributed by atoms with Gasteiger partial charge in [-0.1, -0.05) is 48.0 Å². The van der Waals surface area contributed by atoms with Gasteiger partial charge >= 0.3 is 5.97 Å². The van der Waals surface area contributed by atoms with E-state index in [4.69, 9.17) is 9.15 Å². The van der Waals surface area contributed by atoms with Crippen LogP contribution in [0.4, 0.5) is 0 Å². The number of oxazole rings is 1. The molecule has 0 bridgehead atoms. The van der Waals surface area contributed by atoms with Gasteiger partial charge in [-0.25, -0.2) is 9.78 Å². The summed E-state index contributed by atoms with van der Waals surface area (Å²) in [6.07, 6.45) is 0. The predicted molar refractivity (Wildman–Crippen MR) is 109 cm³/mol. The molecular weight excluding hydrogens is 366 g/mol. The number of hydrogen-bond acceptors (Lipinski definition) is 5. The Labute approximate surface area is 168 Å². The summed E-state index contributed by atoms with van der Waals surface area (Å²) in [4.78, 5) is 30.1. The molecule has 3 aromatic carbocycles. The number of fused-ring (bicyclic) bond motifs is 1. The van der Waals surface area contributed by atoms with E-state index in [1.165, 1.54) is 0 Å². The molecule has 0 unspecified atom stereocenters. The van der Waals surface area contributed by atoms with Gasteiger partial charge in [-0.2, -0.15) is 0 Å². The lowest BCUT2D eigenvalue weighted by Gasteiger charge is -2.10. The zero-order valence-electron chi connectivity index (χ0n) is 16.1. The minimum Gasteiger partial charge on any atom is -0.452 e. The second-order valence-electron chi connectivity index (χ2n) is 6.84. The van der Waals surface area contributed by atoms with Crippen molar-refractivity contribution in [3.8, 4) is 0 Å². The molecule has 5 heteroatoms. The number of carbonyl (C=O) groups excluding carboxylic acids is 2. The molecule has 0 aliphatic rings. The molecule has 0 atom stereocenters. The molecule has 4 rings (SSSR count). The first kappa shape index (κ1) is 18.6. The highest BCUT2D eigenvalue weighted by molar-refractivity contribution is 6.15. The molecule has 0 radical (unpaired) electrons. The Bertz CT molecular complexity index is 1190. The average Bonchev–Trinajstić information content (AvgIpc) is 3.16. The van der Waals surface area contributed by atoms with E-state index in [1.54, 1.807) is 30.3 Å². The van der Waals surface area contributed by atoms with E-state index < -0.39 is 5.97 Å². The Morgan fingerprint density at radius 3 is 2.41 bits per heavy atom. The standard InChI is InChI=1S/C24H19NO4/c1-15-11-12-16(2)19(13-15)23(26)17-7-3-4-8-18(17)24(27)28-14-22-25-20-9-5-6-10-21(20)29-22/h3-13H,14H2,1-2H3. The Hall–Kier alpha value is -3.73. The number of esters is 1. The first-order valence-electron chi connectivity index (χ1n) is 9.25. The highest BCUT2D eigenvalue weighted by Gasteiger charge is 2.21. The fourth-order valence-corrected chi connectivity index (χ4v) is 3.17. The molecule has 144 valence electrons. The van der Waals surface area contributed by atoms with Crippen LogP contribution in [-0.4, -0.2) is 16.7 Å². The van der Waals surface area contributed by atoms with Gasteiger partial charge in [0.05, 0.1) is 5.56 Å². The summed E-state index contributed by atoms with van der Waals surface area (Å²) < 4.78 is 11.0. The normalized spacial score (nSPS) is 10.8. The van der Waals surface area contributed by atoms with Crippen LogP contribution in [0.3, 0.4) is 0 Å². The third kappa shape index (κ3) is 3.80. The molecule has 4 aromatic rings. The largest absolute Gasteiger partial charge is 0.452 e. The van der Waals surface area contributed by atoms with Crippen molar-refractivity contribution < 1.29 is 18.7 Å².